The van der Waals surface area contributed by atoms with Crippen molar-refractivity contribution in [1.82, 2.24) is 4.83 Å². The first-order chi connectivity index (χ1) is 9.47. The number of benzene rings is 2. The molecule has 0 bridgehead atoms. The number of rotatable bonds is 4. The largest absolute Gasteiger partial charge is 0.276 e. The van der Waals surface area contributed by atoms with E-state index in [-0.39, 0.29) is 4.90 Å². The van der Waals surface area contributed by atoms with Crippen molar-refractivity contribution in [2.75, 3.05) is 0 Å². The van der Waals surface area contributed by atoms with E-state index in [4.69, 9.17) is 0 Å². The van der Waals surface area contributed by atoms with E-state index in [0.29, 0.717) is 0 Å². The molecule has 0 spiro atoms. The van der Waals surface area contributed by atoms with Crippen molar-refractivity contribution < 1.29 is 8.42 Å². The lowest BCUT2D eigenvalue weighted by Gasteiger charge is -2.03. The van der Waals surface area contributed by atoms with E-state index in [9.17, 15) is 8.42 Å². The minimum Gasteiger partial charge on any atom is -0.200 e. The van der Waals surface area contributed by atoms with Gasteiger partial charge in [-0.05, 0) is 36.8 Å². The quantitative estimate of drug-likeness (QED) is 0.678. The van der Waals surface area contributed by atoms with Crippen LogP contribution in [0.4, 0.5) is 0 Å². The van der Waals surface area contributed by atoms with Crippen molar-refractivity contribution in [3.05, 3.63) is 64.1 Å². The molecule has 0 amide bonds. The van der Waals surface area contributed by atoms with Gasteiger partial charge in [-0.15, -0.1) is 0 Å². The third kappa shape index (κ3) is 3.91. The molecule has 104 valence electrons. The smallest absolute Gasteiger partial charge is 0.200 e. The van der Waals surface area contributed by atoms with Crippen LogP contribution in [-0.2, 0) is 10.0 Å². The fourth-order valence-corrected chi connectivity index (χ4v) is 2.74. The van der Waals surface area contributed by atoms with E-state index in [1.54, 1.807) is 24.3 Å². The summed E-state index contributed by atoms with van der Waals surface area (Å²) < 4.78 is 24.8. The van der Waals surface area contributed by atoms with Crippen LogP contribution in [0.2, 0.25) is 0 Å². The van der Waals surface area contributed by atoms with Gasteiger partial charge in [0.05, 0.1) is 11.1 Å². The number of sulfonamides is 1. The molecule has 0 aliphatic carbocycles. The molecule has 0 saturated carbocycles. The molecule has 2 aromatic rings. The van der Waals surface area contributed by atoms with E-state index >= 15 is 0 Å². The van der Waals surface area contributed by atoms with Crippen molar-refractivity contribution in [3.8, 4) is 0 Å². The lowest BCUT2D eigenvalue weighted by Crippen LogP contribution is -2.18. The second-order valence-electron chi connectivity index (χ2n) is 4.22. The summed E-state index contributed by atoms with van der Waals surface area (Å²) in [6.45, 7) is 1.90. The first-order valence-corrected chi connectivity index (χ1v) is 8.12. The number of nitrogens with zero attached hydrogens (tertiary/aromatic N) is 1. The van der Waals surface area contributed by atoms with Crippen LogP contribution in [0.5, 0.6) is 0 Å². The first kappa shape index (κ1) is 14.7. The fourth-order valence-electron chi connectivity index (χ4n) is 1.53. The Morgan fingerprint density at radius 3 is 2.50 bits per heavy atom. The Hall–Kier alpha value is -1.66. The number of hydrogen-bond acceptors (Lipinski definition) is 3. The molecule has 2 rings (SSSR count). The average Bonchev–Trinajstić information content (AvgIpc) is 2.39. The van der Waals surface area contributed by atoms with Crippen LogP contribution in [0, 0.1) is 6.92 Å². The van der Waals surface area contributed by atoms with Gasteiger partial charge >= 0.3 is 0 Å². The molecule has 0 unspecified atom stereocenters. The summed E-state index contributed by atoms with van der Waals surface area (Å²) in [6.07, 6.45) is 1.45. The van der Waals surface area contributed by atoms with Gasteiger partial charge in [-0.2, -0.15) is 13.5 Å². The van der Waals surface area contributed by atoms with Crippen LogP contribution in [0.3, 0.4) is 0 Å². The van der Waals surface area contributed by atoms with Crippen molar-refractivity contribution in [3.63, 3.8) is 0 Å². The van der Waals surface area contributed by atoms with Crippen LogP contribution in [0.25, 0.3) is 0 Å². The first-order valence-electron chi connectivity index (χ1n) is 5.84. The Balaban J connectivity index is 2.11. The molecule has 0 heterocycles. The summed E-state index contributed by atoms with van der Waals surface area (Å²) >= 11 is 3.34. The number of halogens is 1. The van der Waals surface area contributed by atoms with Gasteiger partial charge in [-0.1, -0.05) is 45.8 Å². The molecule has 1 N–H and O–H groups in total. The third-order valence-corrected chi connectivity index (χ3v) is 4.30. The van der Waals surface area contributed by atoms with E-state index in [1.165, 1.54) is 6.21 Å². The number of nitrogens with one attached hydrogen (secondary N) is 1. The summed E-state index contributed by atoms with van der Waals surface area (Å²) in [5.41, 5.74) is 1.80. The molecule has 20 heavy (non-hydrogen) atoms. The van der Waals surface area contributed by atoms with E-state index in [1.807, 2.05) is 31.2 Å². The Kier molecular flexibility index (Phi) is 4.57. The zero-order valence-electron chi connectivity index (χ0n) is 10.7. The number of hydrazone groups is 1. The van der Waals surface area contributed by atoms with E-state index in [0.717, 1.165) is 15.6 Å². The van der Waals surface area contributed by atoms with Gasteiger partial charge in [0.15, 0.2) is 0 Å². The summed E-state index contributed by atoms with van der Waals surface area (Å²) in [5.74, 6) is 0. The van der Waals surface area contributed by atoms with Gasteiger partial charge in [0, 0.05) is 4.47 Å². The van der Waals surface area contributed by atoms with Gasteiger partial charge in [0.1, 0.15) is 0 Å². The Bertz CT molecular complexity index is 725. The summed E-state index contributed by atoms with van der Waals surface area (Å²) in [4.78, 5) is 2.38. The molecule has 4 nitrogen and oxygen atoms in total. The van der Waals surface area contributed by atoms with Crippen molar-refractivity contribution in [2.24, 2.45) is 5.10 Å². The standard InChI is InChI=1S/C14H13BrN2O2S/c1-11-5-7-14(8-6-11)20(18,19)17-16-10-12-3-2-4-13(15)9-12/h2-10,17H,1H3/b16-10-. The van der Waals surface area contributed by atoms with Gasteiger partial charge in [-0.3, -0.25) is 0 Å². The lowest BCUT2D eigenvalue weighted by molar-refractivity contribution is 0.584. The van der Waals surface area contributed by atoms with Gasteiger partial charge in [-0.25, -0.2) is 4.83 Å². The highest BCUT2D eigenvalue weighted by molar-refractivity contribution is 9.10. The molecule has 0 radical (unpaired) electrons. The molecule has 0 saturated heterocycles. The van der Waals surface area contributed by atoms with Crippen LogP contribution in [0.15, 0.2) is 63.0 Å². The second-order valence-corrected chi connectivity index (χ2v) is 6.80. The molecule has 0 aromatic heterocycles. The predicted octanol–water partition coefficient (Wildman–Crippen LogP) is 3.07. The van der Waals surface area contributed by atoms with Crippen molar-refractivity contribution in [2.45, 2.75) is 11.8 Å². The molecular formula is C14H13BrN2O2S. The highest BCUT2D eigenvalue weighted by Gasteiger charge is 2.11. The highest BCUT2D eigenvalue weighted by atomic mass is 79.9. The Morgan fingerprint density at radius 1 is 1.15 bits per heavy atom. The minimum atomic E-state index is -3.62. The van der Waals surface area contributed by atoms with Crippen LogP contribution < -0.4 is 4.83 Å². The Morgan fingerprint density at radius 2 is 1.85 bits per heavy atom. The maximum absolute atomic E-state index is 12.0. The van der Waals surface area contributed by atoms with Gasteiger partial charge in [0.2, 0.25) is 0 Å². The maximum atomic E-state index is 12.0. The molecule has 0 aliphatic heterocycles. The third-order valence-electron chi connectivity index (χ3n) is 2.57. The highest BCUT2D eigenvalue weighted by Crippen LogP contribution is 2.11. The predicted molar refractivity (Wildman–Crippen MR) is 83.2 cm³/mol. The number of aryl methyl sites for hydroxylation is 1. The molecule has 0 atom stereocenters. The Labute approximate surface area is 126 Å². The van der Waals surface area contributed by atoms with E-state index < -0.39 is 10.0 Å². The SMILES string of the molecule is Cc1ccc(S(=O)(=O)N/N=C\c2cccc(Br)c2)cc1. The van der Waals surface area contributed by atoms with Gasteiger partial charge in [0.25, 0.3) is 10.0 Å². The normalized spacial score (nSPS) is 11.7. The second kappa shape index (κ2) is 6.19. The molecule has 0 fully saturated rings. The fraction of sp³-hybridized carbons (Fsp3) is 0.0714. The molecular weight excluding hydrogens is 340 g/mol. The monoisotopic (exact) mass is 352 g/mol. The van der Waals surface area contributed by atoms with Crippen LogP contribution in [0.1, 0.15) is 11.1 Å². The summed E-state index contributed by atoms with van der Waals surface area (Å²) in [5, 5.41) is 3.77. The minimum absolute atomic E-state index is 0.189. The lowest BCUT2D eigenvalue weighted by atomic mass is 10.2. The van der Waals surface area contributed by atoms with Crippen molar-refractivity contribution >= 4 is 32.2 Å². The zero-order chi connectivity index (χ0) is 14.6. The average molecular weight is 353 g/mol. The molecule has 2 aromatic carbocycles. The molecule has 0 aliphatic rings. The summed E-state index contributed by atoms with van der Waals surface area (Å²) in [6, 6.07) is 14.0. The van der Waals surface area contributed by atoms with Gasteiger partial charge < -0.3 is 0 Å². The van der Waals surface area contributed by atoms with Crippen LogP contribution in [-0.4, -0.2) is 14.6 Å². The van der Waals surface area contributed by atoms with E-state index in [2.05, 4.69) is 25.9 Å². The summed E-state index contributed by atoms with van der Waals surface area (Å²) in [7, 11) is -3.62. The van der Waals surface area contributed by atoms with Crippen LogP contribution >= 0.6 is 15.9 Å². The molecule has 6 heteroatoms. The number of hydrogen-bond donors (Lipinski definition) is 1. The zero-order valence-corrected chi connectivity index (χ0v) is 13.1. The maximum Gasteiger partial charge on any atom is 0.276 e. The van der Waals surface area contributed by atoms with Crippen molar-refractivity contribution in [1.29, 1.82) is 0 Å². The topological polar surface area (TPSA) is 58.5 Å².